The molecule has 6 heteroatoms. The van der Waals surface area contributed by atoms with E-state index in [-0.39, 0.29) is 12.5 Å². The lowest BCUT2D eigenvalue weighted by molar-refractivity contribution is -0.118. The Kier molecular flexibility index (Phi) is 4.03. The van der Waals surface area contributed by atoms with Gasteiger partial charge in [0, 0.05) is 17.1 Å². The number of carbonyl (C=O) groups is 1. The number of rotatable bonds is 3. The van der Waals surface area contributed by atoms with Crippen LogP contribution in [-0.4, -0.2) is 12.5 Å². The van der Waals surface area contributed by atoms with E-state index in [4.69, 9.17) is 16.3 Å². The van der Waals surface area contributed by atoms with Gasteiger partial charge < -0.3 is 15.4 Å². The second kappa shape index (κ2) is 5.95. The lowest BCUT2D eigenvalue weighted by Gasteiger charge is -2.20. The van der Waals surface area contributed by atoms with Gasteiger partial charge in [-0.15, -0.1) is 0 Å². The van der Waals surface area contributed by atoms with E-state index in [1.165, 1.54) is 0 Å². The van der Waals surface area contributed by atoms with Gasteiger partial charge in [-0.3, -0.25) is 4.79 Å². The van der Waals surface area contributed by atoms with Gasteiger partial charge >= 0.3 is 0 Å². The number of hydrogen-bond donors (Lipinski definition) is 2. The average Bonchev–Trinajstić information content (AvgIpc) is 2.45. The van der Waals surface area contributed by atoms with E-state index in [1.54, 1.807) is 12.1 Å². The minimum absolute atomic E-state index is 0.0275. The summed E-state index contributed by atoms with van der Waals surface area (Å²) in [5.41, 5.74) is 2.50. The number of halogens is 2. The Labute approximate surface area is 135 Å². The van der Waals surface area contributed by atoms with E-state index in [0.29, 0.717) is 23.0 Å². The van der Waals surface area contributed by atoms with Crippen molar-refractivity contribution in [1.82, 2.24) is 0 Å². The minimum Gasteiger partial charge on any atom is -0.482 e. The Morgan fingerprint density at radius 3 is 3.00 bits per heavy atom. The van der Waals surface area contributed by atoms with Crippen molar-refractivity contribution in [3.8, 4) is 5.75 Å². The zero-order chi connectivity index (χ0) is 14.8. The van der Waals surface area contributed by atoms with Crippen LogP contribution in [0, 0.1) is 0 Å². The molecule has 0 aliphatic carbocycles. The molecule has 0 unspecified atom stereocenters. The number of fused-ring (bicyclic) bond motifs is 1. The van der Waals surface area contributed by atoms with E-state index in [1.807, 2.05) is 24.3 Å². The normalized spacial score (nSPS) is 13.1. The molecule has 0 bridgehead atoms. The van der Waals surface area contributed by atoms with E-state index in [9.17, 15) is 4.79 Å². The van der Waals surface area contributed by atoms with Gasteiger partial charge in [0.25, 0.3) is 5.91 Å². The van der Waals surface area contributed by atoms with Crippen LogP contribution in [0.1, 0.15) is 5.56 Å². The Morgan fingerprint density at radius 2 is 2.19 bits per heavy atom. The van der Waals surface area contributed by atoms with E-state index in [0.717, 1.165) is 15.7 Å². The van der Waals surface area contributed by atoms with Crippen molar-refractivity contribution in [2.24, 2.45) is 0 Å². The quantitative estimate of drug-likeness (QED) is 0.860. The van der Waals surface area contributed by atoms with Crippen LogP contribution < -0.4 is 15.4 Å². The Morgan fingerprint density at radius 1 is 1.33 bits per heavy atom. The fraction of sp³-hybridized carbons (Fsp3) is 0.133. The van der Waals surface area contributed by atoms with Gasteiger partial charge in [-0.1, -0.05) is 39.7 Å². The highest BCUT2D eigenvalue weighted by atomic mass is 79.9. The summed E-state index contributed by atoms with van der Waals surface area (Å²) in [4.78, 5) is 11.3. The molecule has 2 aromatic carbocycles. The summed E-state index contributed by atoms with van der Waals surface area (Å²) in [6.45, 7) is 0.671. The van der Waals surface area contributed by atoms with Crippen LogP contribution in [0.25, 0.3) is 0 Å². The monoisotopic (exact) mass is 366 g/mol. The highest BCUT2D eigenvalue weighted by Crippen LogP contribution is 2.36. The van der Waals surface area contributed by atoms with Gasteiger partial charge in [0.2, 0.25) is 0 Å². The van der Waals surface area contributed by atoms with Gasteiger partial charge in [-0.2, -0.15) is 0 Å². The van der Waals surface area contributed by atoms with E-state index >= 15 is 0 Å². The molecule has 2 aromatic rings. The van der Waals surface area contributed by atoms with Gasteiger partial charge in [-0.25, -0.2) is 0 Å². The number of amides is 1. The van der Waals surface area contributed by atoms with Gasteiger partial charge in [-0.05, 0) is 23.8 Å². The van der Waals surface area contributed by atoms with Crippen molar-refractivity contribution in [3.05, 3.63) is 51.5 Å². The molecule has 3 rings (SSSR count). The van der Waals surface area contributed by atoms with Gasteiger partial charge in [0.05, 0.1) is 16.4 Å². The molecule has 2 N–H and O–H groups in total. The Hall–Kier alpha value is -1.72. The Bertz CT molecular complexity index is 706. The molecule has 1 amide bonds. The summed E-state index contributed by atoms with van der Waals surface area (Å²) in [6.07, 6.45) is 0. The summed E-state index contributed by atoms with van der Waals surface area (Å²) in [6, 6.07) is 11.5. The smallest absolute Gasteiger partial charge is 0.262 e. The van der Waals surface area contributed by atoms with Crippen LogP contribution >= 0.6 is 27.5 Å². The van der Waals surface area contributed by atoms with E-state index in [2.05, 4.69) is 26.6 Å². The fourth-order valence-corrected chi connectivity index (χ4v) is 2.76. The first-order valence-electron chi connectivity index (χ1n) is 6.36. The summed E-state index contributed by atoms with van der Waals surface area (Å²) < 4.78 is 6.42. The number of anilines is 2. The third-order valence-corrected chi connectivity index (χ3v) is 3.88. The molecule has 1 aliphatic rings. The molecule has 0 atom stereocenters. The summed E-state index contributed by atoms with van der Waals surface area (Å²) >= 11 is 9.67. The third-order valence-electron chi connectivity index (χ3n) is 3.07. The number of ether oxygens (including phenoxy) is 1. The number of carbonyl (C=O) groups excluding carboxylic acids is 1. The molecule has 108 valence electrons. The lowest BCUT2D eigenvalue weighted by atomic mass is 10.2. The number of benzene rings is 2. The fourth-order valence-electron chi connectivity index (χ4n) is 2.08. The largest absolute Gasteiger partial charge is 0.482 e. The molecular formula is C15H12BrClN2O2. The molecule has 1 heterocycles. The predicted octanol–water partition coefficient (Wildman–Crippen LogP) is 4.05. The van der Waals surface area contributed by atoms with Crippen molar-refractivity contribution in [3.63, 3.8) is 0 Å². The summed E-state index contributed by atoms with van der Waals surface area (Å²) in [5.74, 6) is 0.448. The van der Waals surface area contributed by atoms with Crippen molar-refractivity contribution in [1.29, 1.82) is 0 Å². The lowest BCUT2D eigenvalue weighted by Crippen LogP contribution is -2.25. The highest BCUT2D eigenvalue weighted by molar-refractivity contribution is 9.10. The van der Waals surface area contributed by atoms with E-state index < -0.39 is 0 Å². The molecule has 1 aliphatic heterocycles. The third kappa shape index (κ3) is 3.31. The average molecular weight is 368 g/mol. The van der Waals surface area contributed by atoms with Crippen molar-refractivity contribution in [2.75, 3.05) is 17.2 Å². The van der Waals surface area contributed by atoms with Crippen molar-refractivity contribution >= 4 is 44.8 Å². The van der Waals surface area contributed by atoms with Crippen LogP contribution in [0.15, 0.2) is 40.9 Å². The van der Waals surface area contributed by atoms with Crippen LogP contribution in [0.4, 0.5) is 11.4 Å². The first-order valence-corrected chi connectivity index (χ1v) is 7.53. The highest BCUT2D eigenvalue weighted by Gasteiger charge is 2.18. The topological polar surface area (TPSA) is 50.4 Å². The second-order valence-electron chi connectivity index (χ2n) is 4.65. The van der Waals surface area contributed by atoms with Crippen LogP contribution in [0.3, 0.4) is 0 Å². The van der Waals surface area contributed by atoms with Crippen molar-refractivity contribution < 1.29 is 9.53 Å². The van der Waals surface area contributed by atoms with Crippen molar-refractivity contribution in [2.45, 2.75) is 6.54 Å². The number of hydrogen-bond acceptors (Lipinski definition) is 3. The number of nitrogens with one attached hydrogen (secondary N) is 2. The maximum atomic E-state index is 11.3. The maximum absolute atomic E-state index is 11.3. The molecule has 21 heavy (non-hydrogen) atoms. The zero-order valence-electron chi connectivity index (χ0n) is 11.0. The molecule has 0 radical (unpaired) electrons. The molecule has 0 saturated heterocycles. The minimum atomic E-state index is -0.173. The van der Waals surface area contributed by atoms with Gasteiger partial charge in [0.15, 0.2) is 6.61 Å². The SMILES string of the molecule is O=C1COc2cc(NCc3cccc(Br)c3)c(Cl)cc2N1. The Balaban J connectivity index is 1.78. The molecule has 0 aromatic heterocycles. The second-order valence-corrected chi connectivity index (χ2v) is 5.97. The molecule has 0 spiro atoms. The van der Waals surface area contributed by atoms with Gasteiger partial charge in [0.1, 0.15) is 5.75 Å². The zero-order valence-corrected chi connectivity index (χ0v) is 13.3. The van der Waals surface area contributed by atoms with Crippen LogP contribution in [0.5, 0.6) is 5.75 Å². The molecule has 0 saturated carbocycles. The predicted molar refractivity (Wildman–Crippen MR) is 87.0 cm³/mol. The standard InChI is InChI=1S/C15H12BrClN2O2/c16-10-3-1-2-9(4-10)7-18-12-6-14-13(5-11(12)17)19-15(20)8-21-14/h1-6,18H,7-8H2,(H,19,20). The van der Waals surface area contributed by atoms with Crippen LogP contribution in [0.2, 0.25) is 5.02 Å². The summed E-state index contributed by atoms with van der Waals surface area (Å²) in [5, 5.41) is 6.54. The summed E-state index contributed by atoms with van der Waals surface area (Å²) in [7, 11) is 0. The van der Waals surface area contributed by atoms with Crippen LogP contribution in [-0.2, 0) is 11.3 Å². The molecular weight excluding hydrogens is 356 g/mol. The molecule has 0 fully saturated rings. The molecule has 4 nitrogen and oxygen atoms in total. The first kappa shape index (κ1) is 14.2. The maximum Gasteiger partial charge on any atom is 0.262 e. The first-order chi connectivity index (χ1) is 10.1.